The molecule has 0 saturated carbocycles. The monoisotopic (exact) mass is 375 g/mol. The minimum atomic E-state index is -0.576. The zero-order valence-electron chi connectivity index (χ0n) is 14.6. The summed E-state index contributed by atoms with van der Waals surface area (Å²) in [6.45, 7) is 3.37. The Balaban J connectivity index is 1.41. The minimum absolute atomic E-state index is 0.0812. The van der Waals surface area contributed by atoms with Crippen LogP contribution in [0.4, 0.5) is 5.69 Å². The normalized spacial score (nSPS) is 19.4. The van der Waals surface area contributed by atoms with Gasteiger partial charge in [-0.15, -0.1) is 0 Å². The van der Waals surface area contributed by atoms with E-state index >= 15 is 0 Å². The Morgan fingerprint density at radius 2 is 1.96 bits per heavy atom. The first-order valence-corrected chi connectivity index (χ1v) is 9.45. The Morgan fingerprint density at radius 3 is 2.65 bits per heavy atom. The number of rotatable bonds is 5. The number of benzene rings is 1. The number of hydrogen-bond acceptors (Lipinski definition) is 6. The van der Waals surface area contributed by atoms with E-state index in [2.05, 4.69) is 15.2 Å². The van der Waals surface area contributed by atoms with Crippen LogP contribution in [0.5, 0.6) is 0 Å². The molecule has 2 amide bonds. The second-order valence-corrected chi connectivity index (χ2v) is 7.48. The van der Waals surface area contributed by atoms with Crippen LogP contribution in [-0.4, -0.2) is 52.8 Å². The van der Waals surface area contributed by atoms with Gasteiger partial charge < -0.3 is 15.0 Å². The molecule has 0 aliphatic carbocycles. The number of nitrogens with zero attached hydrogens (tertiary/aromatic N) is 2. The summed E-state index contributed by atoms with van der Waals surface area (Å²) in [6.07, 6.45) is 2.11. The highest BCUT2D eigenvalue weighted by Crippen LogP contribution is 2.29. The van der Waals surface area contributed by atoms with Crippen molar-refractivity contribution >= 4 is 40.4 Å². The number of esters is 1. The first-order valence-electron chi connectivity index (χ1n) is 8.57. The quantitative estimate of drug-likeness (QED) is 0.792. The molecular weight excluding hydrogens is 354 g/mol. The maximum absolute atomic E-state index is 12.0. The molecule has 138 valence electrons. The van der Waals surface area contributed by atoms with Crippen LogP contribution < -0.4 is 5.32 Å². The highest BCUT2D eigenvalue weighted by Gasteiger charge is 2.34. The Hall–Kier alpha value is -2.35. The summed E-state index contributed by atoms with van der Waals surface area (Å²) in [6, 6.07) is 7.31. The highest BCUT2D eigenvalue weighted by molar-refractivity contribution is 8.15. The summed E-state index contributed by atoms with van der Waals surface area (Å²) < 4.78 is 4.99. The molecule has 1 atom stereocenters. The number of carbonyl (C=O) groups excluding carboxylic acids is 3. The first-order chi connectivity index (χ1) is 12.5. The van der Waals surface area contributed by atoms with Gasteiger partial charge in [-0.1, -0.05) is 29.5 Å². The molecule has 0 spiro atoms. The van der Waals surface area contributed by atoms with Gasteiger partial charge in [-0.05, 0) is 31.9 Å². The van der Waals surface area contributed by atoms with Crippen molar-refractivity contribution in [2.24, 2.45) is 4.99 Å². The maximum Gasteiger partial charge on any atom is 0.307 e. The summed E-state index contributed by atoms with van der Waals surface area (Å²) in [7, 11) is 0. The van der Waals surface area contributed by atoms with Gasteiger partial charge in [-0.3, -0.25) is 14.4 Å². The fourth-order valence-electron chi connectivity index (χ4n) is 2.74. The molecular formula is C18H21N3O4S. The predicted octanol–water partition coefficient (Wildman–Crippen LogP) is 1.96. The Kier molecular flexibility index (Phi) is 5.92. The van der Waals surface area contributed by atoms with Gasteiger partial charge in [-0.2, -0.15) is 4.99 Å². The van der Waals surface area contributed by atoms with E-state index in [4.69, 9.17) is 4.74 Å². The molecule has 2 aliphatic heterocycles. The first kappa shape index (κ1) is 18.4. The molecule has 1 N–H and O–H groups in total. The Morgan fingerprint density at radius 1 is 1.27 bits per heavy atom. The molecule has 8 heteroatoms. The van der Waals surface area contributed by atoms with Gasteiger partial charge >= 0.3 is 5.97 Å². The van der Waals surface area contributed by atoms with Crippen LogP contribution in [0.2, 0.25) is 0 Å². The van der Waals surface area contributed by atoms with Crippen molar-refractivity contribution in [1.29, 1.82) is 0 Å². The molecule has 2 aliphatic rings. The van der Waals surface area contributed by atoms with Crippen LogP contribution in [0.15, 0.2) is 29.3 Å². The lowest BCUT2D eigenvalue weighted by Gasteiger charge is -2.16. The Labute approximate surface area is 156 Å². The van der Waals surface area contributed by atoms with E-state index in [1.165, 1.54) is 11.8 Å². The van der Waals surface area contributed by atoms with E-state index in [0.29, 0.717) is 10.9 Å². The van der Waals surface area contributed by atoms with Crippen molar-refractivity contribution in [1.82, 2.24) is 4.90 Å². The number of likely N-dealkylation sites (tertiary alicyclic amines) is 1. The van der Waals surface area contributed by atoms with E-state index in [9.17, 15) is 14.4 Å². The van der Waals surface area contributed by atoms with Gasteiger partial charge in [0.05, 0.1) is 6.42 Å². The molecule has 3 rings (SSSR count). The van der Waals surface area contributed by atoms with Crippen LogP contribution in [0.25, 0.3) is 0 Å². The van der Waals surface area contributed by atoms with E-state index < -0.39 is 17.1 Å². The van der Waals surface area contributed by atoms with Gasteiger partial charge in [0.2, 0.25) is 0 Å². The number of aliphatic imine (C=N–C) groups is 1. The molecule has 1 fully saturated rings. The molecule has 1 aromatic carbocycles. The third-order valence-electron chi connectivity index (χ3n) is 4.16. The zero-order chi connectivity index (χ0) is 18.5. The maximum atomic E-state index is 12.0. The van der Waals surface area contributed by atoms with E-state index in [1.54, 1.807) is 12.1 Å². The van der Waals surface area contributed by atoms with E-state index in [1.807, 2.05) is 19.1 Å². The number of ether oxygens (including phenoxy) is 1. The number of carbonyl (C=O) groups is 3. The number of hydrogen-bond donors (Lipinski definition) is 1. The van der Waals surface area contributed by atoms with Gasteiger partial charge in [0.25, 0.3) is 11.8 Å². The van der Waals surface area contributed by atoms with Crippen molar-refractivity contribution in [3.63, 3.8) is 0 Å². The summed E-state index contributed by atoms with van der Waals surface area (Å²) in [5.74, 6) is -1.30. The second-order valence-electron chi connectivity index (χ2n) is 6.31. The number of thioether (sulfide) groups is 1. The van der Waals surface area contributed by atoms with Gasteiger partial charge in [-0.25, -0.2) is 0 Å². The SMILES string of the molecule is Cc1ccc(NC(=O)COC(=O)C[C@@H]2SC(N3CCCC3)=NC2=O)cc1. The highest BCUT2D eigenvalue weighted by atomic mass is 32.2. The number of amides is 2. The molecule has 0 radical (unpaired) electrons. The van der Waals surface area contributed by atoms with Gasteiger partial charge in [0.15, 0.2) is 11.8 Å². The molecule has 1 saturated heterocycles. The smallest absolute Gasteiger partial charge is 0.307 e. The third kappa shape index (κ3) is 4.85. The van der Waals surface area contributed by atoms with Crippen molar-refractivity contribution in [2.45, 2.75) is 31.4 Å². The fourth-order valence-corrected chi connectivity index (χ4v) is 3.84. The van der Waals surface area contributed by atoms with E-state index in [-0.39, 0.29) is 18.9 Å². The van der Waals surface area contributed by atoms with E-state index in [0.717, 1.165) is 31.5 Å². The Bertz CT molecular complexity index is 726. The third-order valence-corrected chi connectivity index (χ3v) is 5.37. The van der Waals surface area contributed by atoms with Crippen LogP contribution >= 0.6 is 11.8 Å². The largest absolute Gasteiger partial charge is 0.456 e. The average Bonchev–Trinajstić information content (AvgIpc) is 3.26. The lowest BCUT2D eigenvalue weighted by molar-refractivity contribution is -0.147. The summed E-state index contributed by atoms with van der Waals surface area (Å²) in [4.78, 5) is 41.9. The lowest BCUT2D eigenvalue weighted by atomic mass is 10.2. The second kappa shape index (κ2) is 8.35. The van der Waals surface area contributed by atoms with Crippen LogP contribution in [0.1, 0.15) is 24.8 Å². The summed E-state index contributed by atoms with van der Waals surface area (Å²) in [5.41, 5.74) is 1.73. The molecule has 26 heavy (non-hydrogen) atoms. The van der Waals surface area contributed by atoms with Gasteiger partial charge in [0.1, 0.15) is 5.25 Å². The zero-order valence-corrected chi connectivity index (χ0v) is 15.4. The number of amidine groups is 1. The molecule has 0 bridgehead atoms. The van der Waals surface area contributed by atoms with Crippen molar-refractivity contribution < 1.29 is 19.1 Å². The molecule has 7 nitrogen and oxygen atoms in total. The average molecular weight is 375 g/mol. The van der Waals surface area contributed by atoms with Crippen LogP contribution in [0.3, 0.4) is 0 Å². The van der Waals surface area contributed by atoms with Crippen molar-refractivity contribution in [3.8, 4) is 0 Å². The lowest BCUT2D eigenvalue weighted by Crippen LogP contribution is -2.25. The topological polar surface area (TPSA) is 88.1 Å². The van der Waals surface area contributed by atoms with Crippen LogP contribution in [-0.2, 0) is 19.1 Å². The summed E-state index contributed by atoms with van der Waals surface area (Å²) in [5, 5.41) is 2.79. The molecule has 1 aromatic rings. The fraction of sp³-hybridized carbons (Fsp3) is 0.444. The van der Waals surface area contributed by atoms with Crippen LogP contribution in [0, 0.1) is 6.92 Å². The van der Waals surface area contributed by atoms with Crippen molar-refractivity contribution in [2.75, 3.05) is 25.0 Å². The molecule has 0 aromatic heterocycles. The number of nitrogens with one attached hydrogen (secondary N) is 1. The standard InChI is InChI=1S/C18H21N3O4S/c1-12-4-6-13(7-5-12)19-15(22)11-25-16(23)10-14-17(24)20-18(26-14)21-8-2-3-9-21/h4-7,14H,2-3,8-11H2,1H3,(H,19,22)/t14-/m0/s1. The van der Waals surface area contributed by atoms with Crippen molar-refractivity contribution in [3.05, 3.63) is 29.8 Å². The number of aryl methyl sites for hydroxylation is 1. The van der Waals surface area contributed by atoms with Gasteiger partial charge in [0, 0.05) is 18.8 Å². The molecule has 0 unspecified atom stereocenters. The minimum Gasteiger partial charge on any atom is -0.456 e. The summed E-state index contributed by atoms with van der Waals surface area (Å²) >= 11 is 1.31. The number of anilines is 1. The molecule has 2 heterocycles. The predicted molar refractivity (Wildman–Crippen MR) is 100 cm³/mol.